The number of carbonyl (C=O) groups excluding carboxylic acids is 2. The first-order chi connectivity index (χ1) is 9.61. The van der Waals surface area contributed by atoms with E-state index in [1.807, 2.05) is 6.07 Å². The number of nitrogens with one attached hydrogen (secondary N) is 1. The smallest absolute Gasteiger partial charge is 0.257 e. The molecule has 1 aromatic carbocycles. The standard InChI is InChI=1S/C15H14N2O3/c1-10-7-14(19)12(8-16-10)15(20)17-13(9-18)11-5-3-2-4-6-11/h2-9,13H,1H3,(H,16,19)(H,17,20). The number of aromatic nitrogens is 1. The Morgan fingerprint density at radius 2 is 2.05 bits per heavy atom. The minimum Gasteiger partial charge on any atom is -0.507 e. The van der Waals surface area contributed by atoms with E-state index >= 15 is 0 Å². The Kier molecular flexibility index (Phi) is 4.10. The van der Waals surface area contributed by atoms with Crippen LogP contribution in [0.1, 0.15) is 27.7 Å². The van der Waals surface area contributed by atoms with E-state index in [1.54, 1.807) is 31.2 Å². The maximum absolute atomic E-state index is 12.0. The molecule has 1 unspecified atom stereocenters. The minimum absolute atomic E-state index is 0.0402. The molecule has 1 atom stereocenters. The molecular formula is C15H14N2O3. The van der Waals surface area contributed by atoms with E-state index in [0.717, 1.165) is 0 Å². The number of hydrogen-bond donors (Lipinski definition) is 2. The summed E-state index contributed by atoms with van der Waals surface area (Å²) in [6.45, 7) is 1.71. The third-order valence-electron chi connectivity index (χ3n) is 2.84. The predicted molar refractivity (Wildman–Crippen MR) is 73.4 cm³/mol. The molecule has 1 heterocycles. The molecule has 1 amide bonds. The zero-order valence-electron chi connectivity index (χ0n) is 10.9. The molecule has 0 spiro atoms. The van der Waals surface area contributed by atoms with Gasteiger partial charge in [0.2, 0.25) is 0 Å². The van der Waals surface area contributed by atoms with Crippen molar-refractivity contribution in [3.05, 3.63) is 59.4 Å². The number of amides is 1. The van der Waals surface area contributed by atoms with Crippen LogP contribution in [0.5, 0.6) is 5.75 Å². The molecule has 0 saturated carbocycles. The van der Waals surface area contributed by atoms with Gasteiger partial charge in [-0.25, -0.2) is 0 Å². The molecule has 5 nitrogen and oxygen atoms in total. The lowest BCUT2D eigenvalue weighted by molar-refractivity contribution is -0.109. The minimum atomic E-state index is -0.760. The van der Waals surface area contributed by atoms with E-state index in [4.69, 9.17) is 0 Å². The first kappa shape index (κ1) is 13.7. The first-order valence-electron chi connectivity index (χ1n) is 6.08. The molecule has 0 bridgehead atoms. The molecule has 0 fully saturated rings. The van der Waals surface area contributed by atoms with Gasteiger partial charge in [0.25, 0.3) is 5.91 Å². The van der Waals surface area contributed by atoms with Gasteiger partial charge < -0.3 is 15.2 Å². The van der Waals surface area contributed by atoms with Crippen LogP contribution in [0.25, 0.3) is 0 Å². The molecule has 1 aromatic heterocycles. The lowest BCUT2D eigenvalue weighted by Crippen LogP contribution is -2.29. The molecule has 0 radical (unpaired) electrons. The predicted octanol–water partition coefficient (Wildman–Crippen LogP) is 1.77. The van der Waals surface area contributed by atoms with Crippen LogP contribution in [-0.2, 0) is 4.79 Å². The highest BCUT2D eigenvalue weighted by molar-refractivity contribution is 5.97. The molecule has 102 valence electrons. The Hall–Kier alpha value is -2.69. The van der Waals surface area contributed by atoms with Crippen LogP contribution in [0.2, 0.25) is 0 Å². The van der Waals surface area contributed by atoms with Crippen molar-refractivity contribution in [2.75, 3.05) is 0 Å². The monoisotopic (exact) mass is 270 g/mol. The van der Waals surface area contributed by atoms with E-state index in [2.05, 4.69) is 10.3 Å². The second-order valence-corrected chi connectivity index (χ2v) is 4.34. The number of rotatable bonds is 4. The lowest BCUT2D eigenvalue weighted by atomic mass is 10.1. The van der Waals surface area contributed by atoms with Crippen molar-refractivity contribution in [1.82, 2.24) is 10.3 Å². The fourth-order valence-corrected chi connectivity index (χ4v) is 1.80. The number of aryl methyl sites for hydroxylation is 1. The molecule has 2 rings (SSSR count). The number of pyridine rings is 1. The fourth-order valence-electron chi connectivity index (χ4n) is 1.80. The van der Waals surface area contributed by atoms with Crippen LogP contribution in [0, 0.1) is 6.92 Å². The maximum atomic E-state index is 12.0. The van der Waals surface area contributed by atoms with Crippen LogP contribution < -0.4 is 5.32 Å². The first-order valence-corrected chi connectivity index (χ1v) is 6.08. The van der Waals surface area contributed by atoms with Gasteiger partial charge in [-0.1, -0.05) is 30.3 Å². The van der Waals surface area contributed by atoms with E-state index < -0.39 is 11.9 Å². The highest BCUT2D eigenvalue weighted by atomic mass is 16.3. The van der Waals surface area contributed by atoms with Gasteiger partial charge in [-0.3, -0.25) is 9.78 Å². The van der Waals surface area contributed by atoms with Gasteiger partial charge in [0.05, 0.1) is 5.56 Å². The summed E-state index contributed by atoms with van der Waals surface area (Å²) in [5.74, 6) is -0.705. The van der Waals surface area contributed by atoms with Gasteiger partial charge >= 0.3 is 0 Å². The van der Waals surface area contributed by atoms with Crippen LogP contribution in [0.3, 0.4) is 0 Å². The summed E-state index contributed by atoms with van der Waals surface area (Å²) in [6.07, 6.45) is 1.93. The number of aromatic hydroxyl groups is 1. The summed E-state index contributed by atoms with van der Waals surface area (Å²) >= 11 is 0. The van der Waals surface area contributed by atoms with E-state index in [-0.39, 0.29) is 11.3 Å². The summed E-state index contributed by atoms with van der Waals surface area (Å²) in [7, 11) is 0. The third-order valence-corrected chi connectivity index (χ3v) is 2.84. The van der Waals surface area contributed by atoms with Crippen molar-refractivity contribution in [1.29, 1.82) is 0 Å². The highest BCUT2D eigenvalue weighted by Crippen LogP contribution is 2.18. The molecule has 2 aromatic rings. The van der Waals surface area contributed by atoms with Gasteiger partial charge in [-0.2, -0.15) is 0 Å². The molecule has 0 aliphatic carbocycles. The Morgan fingerprint density at radius 3 is 2.65 bits per heavy atom. The topological polar surface area (TPSA) is 79.3 Å². The summed E-state index contributed by atoms with van der Waals surface area (Å²) in [6, 6.07) is 9.51. The largest absolute Gasteiger partial charge is 0.507 e. The van der Waals surface area contributed by atoms with Gasteiger partial charge in [-0.05, 0) is 12.5 Å². The van der Waals surface area contributed by atoms with Gasteiger partial charge in [0.15, 0.2) is 0 Å². The average molecular weight is 270 g/mol. The number of benzene rings is 1. The third kappa shape index (κ3) is 3.00. The van der Waals surface area contributed by atoms with Gasteiger partial charge in [0.1, 0.15) is 18.1 Å². The normalized spacial score (nSPS) is 11.7. The summed E-state index contributed by atoms with van der Waals surface area (Å²) in [5.41, 5.74) is 1.32. The fraction of sp³-hybridized carbons (Fsp3) is 0.133. The van der Waals surface area contributed by atoms with Crippen molar-refractivity contribution >= 4 is 12.2 Å². The lowest BCUT2D eigenvalue weighted by Gasteiger charge is -2.13. The van der Waals surface area contributed by atoms with Crippen molar-refractivity contribution < 1.29 is 14.7 Å². The van der Waals surface area contributed by atoms with Crippen LogP contribution >= 0.6 is 0 Å². The van der Waals surface area contributed by atoms with E-state index in [0.29, 0.717) is 17.5 Å². The number of aldehydes is 1. The molecular weight excluding hydrogens is 256 g/mol. The summed E-state index contributed by atoms with van der Waals surface area (Å²) < 4.78 is 0. The second kappa shape index (κ2) is 5.97. The Balaban J connectivity index is 2.20. The Labute approximate surface area is 116 Å². The zero-order valence-corrected chi connectivity index (χ0v) is 10.9. The van der Waals surface area contributed by atoms with Gasteiger partial charge in [-0.15, -0.1) is 0 Å². The summed E-state index contributed by atoms with van der Waals surface area (Å²) in [5, 5.41) is 12.3. The summed E-state index contributed by atoms with van der Waals surface area (Å²) in [4.78, 5) is 27.1. The molecule has 5 heteroatoms. The number of nitrogens with zero attached hydrogens (tertiary/aromatic N) is 1. The van der Waals surface area contributed by atoms with Crippen LogP contribution in [0.15, 0.2) is 42.6 Å². The van der Waals surface area contributed by atoms with Crippen molar-refractivity contribution in [2.45, 2.75) is 13.0 Å². The van der Waals surface area contributed by atoms with Crippen molar-refractivity contribution in [3.8, 4) is 5.75 Å². The van der Waals surface area contributed by atoms with Crippen LogP contribution in [-0.4, -0.2) is 22.3 Å². The molecule has 20 heavy (non-hydrogen) atoms. The number of hydrogen-bond acceptors (Lipinski definition) is 4. The highest BCUT2D eigenvalue weighted by Gasteiger charge is 2.17. The van der Waals surface area contributed by atoms with Crippen LogP contribution in [0.4, 0.5) is 0 Å². The Morgan fingerprint density at radius 1 is 1.35 bits per heavy atom. The average Bonchev–Trinajstić information content (AvgIpc) is 2.45. The second-order valence-electron chi connectivity index (χ2n) is 4.34. The van der Waals surface area contributed by atoms with E-state index in [9.17, 15) is 14.7 Å². The Bertz CT molecular complexity index is 626. The molecule has 0 saturated heterocycles. The van der Waals surface area contributed by atoms with Crippen molar-refractivity contribution in [2.24, 2.45) is 0 Å². The molecule has 2 N–H and O–H groups in total. The number of carbonyl (C=O) groups is 2. The molecule has 0 aliphatic heterocycles. The maximum Gasteiger partial charge on any atom is 0.257 e. The SMILES string of the molecule is Cc1cc(O)c(C(=O)NC(C=O)c2ccccc2)cn1. The zero-order chi connectivity index (χ0) is 14.5. The van der Waals surface area contributed by atoms with E-state index in [1.165, 1.54) is 12.3 Å². The van der Waals surface area contributed by atoms with Gasteiger partial charge in [0, 0.05) is 18.0 Å². The quantitative estimate of drug-likeness (QED) is 0.830. The van der Waals surface area contributed by atoms with Crippen molar-refractivity contribution in [3.63, 3.8) is 0 Å². The molecule has 0 aliphatic rings.